The highest BCUT2D eigenvalue weighted by molar-refractivity contribution is 5.95. The summed E-state index contributed by atoms with van der Waals surface area (Å²) in [5.41, 5.74) is 2.20. The number of carbonyl (C=O) groups excluding carboxylic acids is 1. The molecule has 2 heterocycles. The summed E-state index contributed by atoms with van der Waals surface area (Å²) < 4.78 is 37.3. The Morgan fingerprint density at radius 2 is 2.00 bits per heavy atom. The van der Waals surface area contributed by atoms with Gasteiger partial charge in [-0.05, 0) is 55.3 Å². The predicted molar refractivity (Wildman–Crippen MR) is 80.3 cm³/mol. The highest BCUT2D eigenvalue weighted by Gasteiger charge is 2.39. The van der Waals surface area contributed by atoms with E-state index in [0.717, 1.165) is 36.9 Å². The van der Waals surface area contributed by atoms with E-state index in [0.29, 0.717) is 18.0 Å². The monoisotopic (exact) mass is 334 g/mol. The summed E-state index contributed by atoms with van der Waals surface area (Å²) in [6.45, 7) is 0.962. The van der Waals surface area contributed by atoms with Gasteiger partial charge in [-0.2, -0.15) is 13.2 Å². The van der Waals surface area contributed by atoms with E-state index in [4.69, 9.17) is 0 Å². The molecule has 7 heteroatoms. The minimum absolute atomic E-state index is 0. The van der Waals surface area contributed by atoms with Crippen LogP contribution in [0.2, 0.25) is 0 Å². The van der Waals surface area contributed by atoms with Crippen molar-refractivity contribution in [3.8, 4) is 0 Å². The number of hydrogen-bond donors (Lipinski definition) is 2. The quantitative estimate of drug-likeness (QED) is 0.828. The Hall–Kier alpha value is -1.27. The summed E-state index contributed by atoms with van der Waals surface area (Å²) in [7, 11) is 0. The van der Waals surface area contributed by atoms with E-state index in [-0.39, 0.29) is 18.4 Å². The summed E-state index contributed by atoms with van der Waals surface area (Å²) in [4.78, 5) is 11.2. The molecule has 2 aliphatic heterocycles. The molecule has 1 fully saturated rings. The van der Waals surface area contributed by atoms with E-state index in [2.05, 4.69) is 5.32 Å². The van der Waals surface area contributed by atoms with Gasteiger partial charge in [0.2, 0.25) is 0 Å². The van der Waals surface area contributed by atoms with Crippen LogP contribution in [-0.2, 0) is 17.6 Å². The topological polar surface area (TPSA) is 41.1 Å². The molecule has 1 aromatic carbocycles. The first-order chi connectivity index (χ1) is 9.93. The lowest BCUT2D eigenvalue weighted by molar-refractivity contribution is -0.167. The molecule has 2 bridgehead atoms. The van der Waals surface area contributed by atoms with Gasteiger partial charge in [0, 0.05) is 11.7 Å². The second-order valence-corrected chi connectivity index (χ2v) is 5.85. The molecule has 2 N–H and O–H groups in total. The Morgan fingerprint density at radius 3 is 2.64 bits per heavy atom. The first-order valence-corrected chi connectivity index (χ1v) is 7.16. The Kier molecular flexibility index (Phi) is 5.02. The van der Waals surface area contributed by atoms with Gasteiger partial charge in [-0.3, -0.25) is 4.79 Å². The number of halogens is 4. The van der Waals surface area contributed by atoms with Crippen LogP contribution < -0.4 is 10.6 Å². The minimum atomic E-state index is -4.86. The molecule has 1 amide bonds. The molecule has 0 saturated carbocycles. The van der Waals surface area contributed by atoms with Gasteiger partial charge in [-0.15, -0.1) is 12.4 Å². The van der Waals surface area contributed by atoms with Crippen molar-refractivity contribution in [2.45, 2.75) is 37.9 Å². The standard InChI is InChI=1S/C15H17F3N2O.ClH/c16-15(17,18)14(21)20-13-3-1-2-10-6-9-4-5-11(19-8-9)7-12(10)13;/h1-3,9,11,19H,4-8H2,(H,20,21);1H. The molecule has 0 radical (unpaired) electrons. The maximum Gasteiger partial charge on any atom is 0.471 e. The van der Waals surface area contributed by atoms with Crippen LogP contribution >= 0.6 is 12.4 Å². The Balaban J connectivity index is 0.00000176. The first-order valence-electron chi connectivity index (χ1n) is 7.16. The van der Waals surface area contributed by atoms with Crippen LogP contribution in [0.5, 0.6) is 0 Å². The second kappa shape index (κ2) is 6.46. The Morgan fingerprint density at radius 1 is 1.23 bits per heavy atom. The maximum absolute atomic E-state index is 12.4. The molecule has 1 aliphatic carbocycles. The largest absolute Gasteiger partial charge is 0.471 e. The Bertz CT molecular complexity index is 554. The third-order valence-electron chi connectivity index (χ3n) is 4.36. The lowest BCUT2D eigenvalue weighted by Gasteiger charge is -2.34. The molecular weight excluding hydrogens is 317 g/mol. The zero-order chi connectivity index (χ0) is 15.0. The van der Waals surface area contributed by atoms with Crippen molar-refractivity contribution in [1.82, 2.24) is 5.32 Å². The van der Waals surface area contributed by atoms with Crippen LogP contribution in [0, 0.1) is 5.92 Å². The first kappa shape index (κ1) is 17.1. The van der Waals surface area contributed by atoms with Crippen molar-refractivity contribution in [3.63, 3.8) is 0 Å². The van der Waals surface area contributed by atoms with Gasteiger partial charge < -0.3 is 10.6 Å². The summed E-state index contributed by atoms with van der Waals surface area (Å²) >= 11 is 0. The fourth-order valence-electron chi connectivity index (χ4n) is 3.26. The number of anilines is 1. The van der Waals surface area contributed by atoms with Crippen LogP contribution in [-0.4, -0.2) is 24.7 Å². The van der Waals surface area contributed by atoms with Crippen LogP contribution in [0.25, 0.3) is 0 Å². The molecule has 22 heavy (non-hydrogen) atoms. The van der Waals surface area contributed by atoms with Crippen LogP contribution in [0.4, 0.5) is 18.9 Å². The highest BCUT2D eigenvalue weighted by atomic mass is 35.5. The average molecular weight is 335 g/mol. The number of nitrogens with one attached hydrogen (secondary N) is 2. The summed E-state index contributed by atoms with van der Waals surface area (Å²) in [5, 5.41) is 5.46. The number of alkyl halides is 3. The zero-order valence-electron chi connectivity index (χ0n) is 11.9. The van der Waals surface area contributed by atoms with E-state index in [1.54, 1.807) is 12.1 Å². The molecule has 3 nitrogen and oxygen atoms in total. The molecule has 1 aromatic rings. The number of carbonyl (C=O) groups is 1. The van der Waals surface area contributed by atoms with E-state index in [1.807, 2.05) is 11.4 Å². The molecule has 122 valence electrons. The van der Waals surface area contributed by atoms with E-state index >= 15 is 0 Å². The molecule has 3 aliphatic rings. The number of piperidine rings is 1. The van der Waals surface area contributed by atoms with Gasteiger partial charge >= 0.3 is 12.1 Å². The van der Waals surface area contributed by atoms with Crippen molar-refractivity contribution in [1.29, 1.82) is 0 Å². The highest BCUT2D eigenvalue weighted by Crippen LogP contribution is 2.32. The third kappa shape index (κ3) is 3.55. The number of fused-ring (bicyclic) bond motifs is 2. The summed E-state index contributed by atoms with van der Waals surface area (Å²) in [6, 6.07) is 5.51. The van der Waals surface area contributed by atoms with Gasteiger partial charge in [0.25, 0.3) is 0 Å². The fourth-order valence-corrected chi connectivity index (χ4v) is 3.26. The van der Waals surface area contributed by atoms with Gasteiger partial charge in [0.1, 0.15) is 0 Å². The maximum atomic E-state index is 12.4. The molecule has 0 aromatic heterocycles. The molecular formula is C15H18ClF3N2O. The van der Waals surface area contributed by atoms with E-state index in [9.17, 15) is 18.0 Å². The predicted octanol–water partition coefficient (Wildman–Crippen LogP) is 3.08. The van der Waals surface area contributed by atoms with Gasteiger partial charge in [-0.25, -0.2) is 0 Å². The summed E-state index contributed by atoms with van der Waals surface area (Å²) in [5.74, 6) is -1.38. The lowest BCUT2D eigenvalue weighted by Crippen LogP contribution is -2.43. The molecule has 1 saturated heterocycles. The van der Waals surface area contributed by atoms with Gasteiger partial charge in [0.15, 0.2) is 0 Å². The number of rotatable bonds is 1. The zero-order valence-corrected chi connectivity index (χ0v) is 12.7. The van der Waals surface area contributed by atoms with E-state index in [1.165, 1.54) is 0 Å². The summed E-state index contributed by atoms with van der Waals surface area (Å²) in [6.07, 6.45) is -1.16. The number of hydrogen-bond acceptors (Lipinski definition) is 2. The molecule has 2 atom stereocenters. The van der Waals surface area contributed by atoms with Gasteiger partial charge in [-0.1, -0.05) is 12.1 Å². The second-order valence-electron chi connectivity index (χ2n) is 5.85. The number of benzene rings is 1. The number of amides is 1. The van der Waals surface area contributed by atoms with Crippen molar-refractivity contribution in [2.75, 3.05) is 11.9 Å². The average Bonchev–Trinajstić information content (AvgIpc) is 2.38. The third-order valence-corrected chi connectivity index (χ3v) is 4.36. The Labute approximate surface area is 133 Å². The molecule has 2 unspecified atom stereocenters. The molecule has 4 rings (SSSR count). The smallest absolute Gasteiger partial charge is 0.318 e. The van der Waals surface area contributed by atoms with Crippen molar-refractivity contribution in [2.24, 2.45) is 5.92 Å². The van der Waals surface area contributed by atoms with Crippen LogP contribution in [0.1, 0.15) is 24.0 Å². The SMILES string of the molecule is Cl.O=C(Nc1cccc2c1CC1CCC(CN1)C2)C(F)(F)F. The molecule has 0 spiro atoms. The van der Waals surface area contributed by atoms with Crippen LogP contribution in [0.15, 0.2) is 18.2 Å². The minimum Gasteiger partial charge on any atom is -0.318 e. The van der Waals surface area contributed by atoms with Gasteiger partial charge in [0.05, 0.1) is 0 Å². The van der Waals surface area contributed by atoms with Crippen LogP contribution in [0.3, 0.4) is 0 Å². The van der Waals surface area contributed by atoms with Crippen molar-refractivity contribution >= 4 is 24.0 Å². The van der Waals surface area contributed by atoms with E-state index < -0.39 is 12.1 Å². The normalized spacial score (nSPS) is 23.8. The van der Waals surface area contributed by atoms with Crippen molar-refractivity contribution < 1.29 is 18.0 Å². The fraction of sp³-hybridized carbons (Fsp3) is 0.533. The van der Waals surface area contributed by atoms with Crippen molar-refractivity contribution in [3.05, 3.63) is 29.3 Å². The lowest BCUT2D eigenvalue weighted by atomic mass is 9.81.